The fourth-order valence-electron chi connectivity index (χ4n) is 3.24. The standard InChI is InChI=1S/C19H12Cl4O5S/c20-11-8-15(23)18(17(25)9-11)19(29(26,27)28,12-3-1-2-4-13(12)21)10-5-6-14(22)16(24)7-10/h1-9,24-25H,(H,26,27,28). The van der Waals surface area contributed by atoms with Gasteiger partial charge in [0.15, 0.2) is 4.75 Å². The van der Waals surface area contributed by atoms with E-state index in [0.717, 1.165) is 12.1 Å². The molecule has 0 radical (unpaired) electrons. The van der Waals surface area contributed by atoms with Crippen LogP contribution in [0.3, 0.4) is 0 Å². The Morgan fingerprint density at radius 3 is 1.97 bits per heavy atom. The Morgan fingerprint density at radius 2 is 1.41 bits per heavy atom. The molecule has 10 heteroatoms. The van der Waals surface area contributed by atoms with Gasteiger partial charge in [0.1, 0.15) is 11.5 Å². The summed E-state index contributed by atoms with van der Waals surface area (Å²) in [5, 5.41) is 20.5. The van der Waals surface area contributed by atoms with Crippen molar-refractivity contribution in [2.45, 2.75) is 4.75 Å². The van der Waals surface area contributed by atoms with E-state index in [2.05, 4.69) is 0 Å². The second-order valence-corrected chi connectivity index (χ2v) is 9.30. The molecule has 0 heterocycles. The van der Waals surface area contributed by atoms with Crippen molar-refractivity contribution in [3.05, 3.63) is 91.4 Å². The Kier molecular flexibility index (Phi) is 5.98. The van der Waals surface area contributed by atoms with Crippen LogP contribution in [0.2, 0.25) is 20.1 Å². The predicted molar refractivity (Wildman–Crippen MR) is 114 cm³/mol. The average Bonchev–Trinajstić information content (AvgIpc) is 2.60. The molecule has 1 unspecified atom stereocenters. The van der Waals surface area contributed by atoms with E-state index in [-0.39, 0.29) is 36.8 Å². The van der Waals surface area contributed by atoms with Crippen molar-refractivity contribution in [2.24, 2.45) is 0 Å². The molecule has 0 saturated carbocycles. The fourth-order valence-corrected chi connectivity index (χ4v) is 5.72. The molecule has 3 rings (SSSR count). The molecule has 0 bridgehead atoms. The molecule has 152 valence electrons. The molecular weight excluding hydrogens is 482 g/mol. The highest BCUT2D eigenvalue weighted by Crippen LogP contribution is 2.52. The maximum absolute atomic E-state index is 13.0. The fraction of sp³-hybridized carbons (Fsp3) is 0.0526. The normalized spacial score (nSPS) is 13.8. The molecule has 0 amide bonds. The minimum atomic E-state index is -5.12. The van der Waals surface area contributed by atoms with E-state index in [1.165, 1.54) is 36.4 Å². The number of hydrogen-bond donors (Lipinski definition) is 3. The molecular formula is C19H12Cl4O5S. The molecule has 3 aromatic carbocycles. The van der Waals surface area contributed by atoms with Gasteiger partial charge in [0, 0.05) is 21.2 Å². The van der Waals surface area contributed by atoms with Gasteiger partial charge in [-0.3, -0.25) is 4.55 Å². The number of phenols is 2. The van der Waals surface area contributed by atoms with Crippen LogP contribution in [0.4, 0.5) is 0 Å². The topological polar surface area (TPSA) is 94.8 Å². The van der Waals surface area contributed by atoms with Crippen LogP contribution in [-0.2, 0) is 14.9 Å². The van der Waals surface area contributed by atoms with Crippen molar-refractivity contribution in [3.8, 4) is 11.5 Å². The lowest BCUT2D eigenvalue weighted by atomic mass is 9.83. The van der Waals surface area contributed by atoms with E-state index in [9.17, 15) is 23.2 Å². The maximum Gasteiger partial charge on any atom is 0.283 e. The van der Waals surface area contributed by atoms with Gasteiger partial charge in [-0.15, -0.1) is 0 Å². The Labute approximate surface area is 186 Å². The Bertz CT molecular complexity index is 1190. The summed E-state index contributed by atoms with van der Waals surface area (Å²) in [7, 11) is -5.12. The summed E-state index contributed by atoms with van der Waals surface area (Å²) in [5.41, 5.74) is -0.652. The van der Waals surface area contributed by atoms with Gasteiger partial charge in [0.05, 0.1) is 10.0 Å². The van der Waals surface area contributed by atoms with Crippen LogP contribution in [0, 0.1) is 0 Å². The Morgan fingerprint density at radius 1 is 0.759 bits per heavy atom. The van der Waals surface area contributed by atoms with Gasteiger partial charge in [-0.2, -0.15) is 8.42 Å². The minimum Gasteiger partial charge on any atom is -0.507 e. The maximum atomic E-state index is 13.0. The molecule has 3 N–H and O–H groups in total. The summed E-state index contributed by atoms with van der Waals surface area (Å²) in [4.78, 5) is 0. The van der Waals surface area contributed by atoms with E-state index < -0.39 is 26.4 Å². The first kappa shape index (κ1) is 22.0. The summed E-state index contributed by atoms with van der Waals surface area (Å²) in [6, 6.07) is 11.7. The molecule has 0 spiro atoms. The Balaban J connectivity index is 2.63. The summed E-state index contributed by atoms with van der Waals surface area (Å²) in [6.45, 7) is 0. The molecule has 5 nitrogen and oxygen atoms in total. The summed E-state index contributed by atoms with van der Waals surface area (Å²) >= 11 is 24.4. The minimum absolute atomic E-state index is 0.0371. The first-order chi connectivity index (χ1) is 13.5. The average molecular weight is 494 g/mol. The largest absolute Gasteiger partial charge is 0.507 e. The van der Waals surface area contributed by atoms with Crippen molar-refractivity contribution in [1.82, 2.24) is 0 Å². The van der Waals surface area contributed by atoms with Crippen LogP contribution in [0.15, 0.2) is 54.6 Å². The van der Waals surface area contributed by atoms with Crippen molar-refractivity contribution < 1.29 is 23.2 Å². The summed E-state index contributed by atoms with van der Waals surface area (Å²) in [5.74, 6) is -1.05. The van der Waals surface area contributed by atoms with E-state index in [4.69, 9.17) is 46.4 Å². The first-order valence-corrected chi connectivity index (χ1v) is 10.8. The molecule has 3 aromatic rings. The van der Waals surface area contributed by atoms with Crippen molar-refractivity contribution >= 4 is 56.5 Å². The van der Waals surface area contributed by atoms with Gasteiger partial charge in [0.2, 0.25) is 0 Å². The van der Waals surface area contributed by atoms with Crippen LogP contribution in [-0.4, -0.2) is 23.2 Å². The Hall–Kier alpha value is -1.67. The van der Waals surface area contributed by atoms with Gasteiger partial charge < -0.3 is 10.2 Å². The first-order valence-electron chi connectivity index (χ1n) is 7.89. The van der Waals surface area contributed by atoms with E-state index in [1.807, 2.05) is 0 Å². The van der Waals surface area contributed by atoms with Crippen LogP contribution in [0.5, 0.6) is 11.5 Å². The lowest BCUT2D eigenvalue weighted by Crippen LogP contribution is -2.39. The third-order valence-corrected chi connectivity index (χ3v) is 6.98. The highest BCUT2D eigenvalue weighted by atomic mass is 35.5. The predicted octanol–water partition coefficient (Wildman–Crippen LogP) is 5.89. The van der Waals surface area contributed by atoms with Gasteiger partial charge in [0.25, 0.3) is 10.1 Å². The molecule has 0 aliphatic carbocycles. The van der Waals surface area contributed by atoms with E-state index in [0.29, 0.717) is 0 Å². The quantitative estimate of drug-likeness (QED) is 0.311. The third-order valence-electron chi connectivity index (χ3n) is 4.38. The molecule has 29 heavy (non-hydrogen) atoms. The number of aromatic hydroxyl groups is 2. The molecule has 0 aliphatic heterocycles. The second kappa shape index (κ2) is 7.87. The highest BCUT2D eigenvalue weighted by Gasteiger charge is 2.52. The van der Waals surface area contributed by atoms with Crippen LogP contribution in [0.1, 0.15) is 16.7 Å². The molecule has 0 saturated heterocycles. The van der Waals surface area contributed by atoms with Gasteiger partial charge in [-0.05, 0) is 35.9 Å². The molecule has 0 fully saturated rings. The van der Waals surface area contributed by atoms with Gasteiger partial charge >= 0.3 is 0 Å². The van der Waals surface area contributed by atoms with Crippen molar-refractivity contribution in [3.63, 3.8) is 0 Å². The SMILES string of the molecule is O=S(=O)(O)C(c1ccc(Cl)c(O)c1)(c1ccccc1Cl)c1c(O)cc(Cl)cc1Cl. The monoisotopic (exact) mass is 492 g/mol. The van der Waals surface area contributed by atoms with E-state index >= 15 is 0 Å². The van der Waals surface area contributed by atoms with Crippen LogP contribution >= 0.6 is 46.4 Å². The van der Waals surface area contributed by atoms with Crippen LogP contribution < -0.4 is 0 Å². The number of halogens is 4. The zero-order valence-corrected chi connectivity index (χ0v) is 18.1. The second-order valence-electron chi connectivity index (χ2n) is 6.08. The van der Waals surface area contributed by atoms with Gasteiger partial charge in [-0.25, -0.2) is 0 Å². The van der Waals surface area contributed by atoms with Gasteiger partial charge in [-0.1, -0.05) is 70.7 Å². The lowest BCUT2D eigenvalue weighted by molar-refractivity contribution is 0.439. The summed E-state index contributed by atoms with van der Waals surface area (Å²) < 4.78 is 33.9. The number of benzene rings is 3. The van der Waals surface area contributed by atoms with Crippen molar-refractivity contribution in [2.75, 3.05) is 0 Å². The number of phenolic OH excluding ortho intramolecular Hbond substituents is 2. The third kappa shape index (κ3) is 3.65. The van der Waals surface area contributed by atoms with Crippen molar-refractivity contribution in [1.29, 1.82) is 0 Å². The number of hydrogen-bond acceptors (Lipinski definition) is 4. The zero-order valence-electron chi connectivity index (χ0n) is 14.3. The lowest BCUT2D eigenvalue weighted by Gasteiger charge is -2.34. The van der Waals surface area contributed by atoms with Crippen LogP contribution in [0.25, 0.3) is 0 Å². The summed E-state index contributed by atoms with van der Waals surface area (Å²) in [6.07, 6.45) is 0. The van der Waals surface area contributed by atoms with E-state index in [1.54, 1.807) is 6.07 Å². The molecule has 1 atom stereocenters. The highest BCUT2D eigenvalue weighted by molar-refractivity contribution is 7.87. The zero-order chi connectivity index (χ0) is 21.6. The smallest absolute Gasteiger partial charge is 0.283 e. The number of rotatable bonds is 4. The molecule has 0 aliphatic rings. The molecule has 0 aromatic heterocycles.